The predicted octanol–water partition coefficient (Wildman–Crippen LogP) is 2.50. The van der Waals surface area contributed by atoms with Gasteiger partial charge in [-0.2, -0.15) is 0 Å². The van der Waals surface area contributed by atoms with Crippen LogP contribution in [0.5, 0.6) is 0 Å². The molecule has 29 heavy (non-hydrogen) atoms. The molecular formula is C18H16N2O7S2. The van der Waals surface area contributed by atoms with Gasteiger partial charge in [0.2, 0.25) is 10.0 Å². The summed E-state index contributed by atoms with van der Waals surface area (Å²) in [4.78, 5) is 36.1. The fraction of sp³-hybridized carbons (Fsp3) is 0.167. The molecule has 0 unspecified atom stereocenters. The smallest absolute Gasteiger partial charge is 0.303 e. The normalized spacial score (nSPS) is 16.0. The molecular weight excluding hydrogens is 420 g/mol. The second-order valence-electron chi connectivity index (χ2n) is 6.10. The van der Waals surface area contributed by atoms with Crippen molar-refractivity contribution in [1.29, 1.82) is 0 Å². The number of aliphatic carboxylic acids is 1. The Balaban J connectivity index is 1.74. The summed E-state index contributed by atoms with van der Waals surface area (Å²) in [6.07, 6.45) is 1.48. The van der Waals surface area contributed by atoms with Crippen LogP contribution in [-0.4, -0.2) is 42.1 Å². The van der Waals surface area contributed by atoms with E-state index in [1.54, 1.807) is 24.3 Å². The van der Waals surface area contributed by atoms with Gasteiger partial charge in [0.15, 0.2) is 0 Å². The molecule has 2 aromatic rings. The van der Waals surface area contributed by atoms with Crippen molar-refractivity contribution in [3.05, 3.63) is 47.1 Å². The third-order valence-corrected chi connectivity index (χ3v) is 5.85. The summed E-state index contributed by atoms with van der Waals surface area (Å²) in [5.74, 6) is -0.710. The molecule has 1 saturated heterocycles. The fourth-order valence-electron chi connectivity index (χ4n) is 2.60. The summed E-state index contributed by atoms with van der Waals surface area (Å²) in [6, 6.07) is 9.05. The van der Waals surface area contributed by atoms with Crippen LogP contribution >= 0.6 is 11.8 Å². The van der Waals surface area contributed by atoms with Crippen molar-refractivity contribution in [3.63, 3.8) is 0 Å². The van der Waals surface area contributed by atoms with Crippen LogP contribution in [0.2, 0.25) is 0 Å². The van der Waals surface area contributed by atoms with Gasteiger partial charge < -0.3 is 9.52 Å². The average Bonchev–Trinajstić information content (AvgIpc) is 3.21. The molecule has 2 amide bonds. The van der Waals surface area contributed by atoms with Gasteiger partial charge in [0.05, 0.1) is 9.80 Å². The Morgan fingerprint density at radius 2 is 1.86 bits per heavy atom. The van der Waals surface area contributed by atoms with Gasteiger partial charge in [0.25, 0.3) is 11.1 Å². The Morgan fingerprint density at radius 1 is 1.17 bits per heavy atom. The number of carbonyl (C=O) groups excluding carboxylic acids is 2. The molecule has 0 atom stereocenters. The number of hydrogen-bond acceptors (Lipinski definition) is 7. The minimum Gasteiger partial charge on any atom is -0.481 e. The molecule has 0 radical (unpaired) electrons. The summed E-state index contributed by atoms with van der Waals surface area (Å²) in [6.45, 7) is 0.0358. The van der Waals surface area contributed by atoms with Gasteiger partial charge in [0, 0.05) is 24.6 Å². The lowest BCUT2D eigenvalue weighted by Crippen LogP contribution is -2.29. The molecule has 1 aromatic heterocycles. The summed E-state index contributed by atoms with van der Waals surface area (Å²) in [7, 11) is -3.79. The van der Waals surface area contributed by atoms with Crippen LogP contribution in [0.3, 0.4) is 0 Å². The predicted molar refractivity (Wildman–Crippen MR) is 105 cm³/mol. The van der Waals surface area contributed by atoms with E-state index in [-0.39, 0.29) is 29.2 Å². The molecule has 3 N–H and O–H groups in total. The number of carbonyl (C=O) groups is 3. The Hall–Kier alpha value is -2.89. The molecule has 152 valence electrons. The molecule has 11 heteroatoms. The lowest BCUT2D eigenvalue weighted by atomic mass is 10.2. The molecule has 0 aliphatic carbocycles. The Morgan fingerprint density at radius 3 is 2.48 bits per heavy atom. The Kier molecular flexibility index (Phi) is 5.91. The van der Waals surface area contributed by atoms with E-state index < -0.39 is 27.1 Å². The van der Waals surface area contributed by atoms with Crippen molar-refractivity contribution in [2.45, 2.75) is 17.7 Å². The zero-order chi connectivity index (χ0) is 21.2. The summed E-state index contributed by atoms with van der Waals surface area (Å²) >= 11 is 0.756. The number of sulfonamides is 1. The summed E-state index contributed by atoms with van der Waals surface area (Å²) in [5.41, 5.74) is 0.610. The van der Waals surface area contributed by atoms with Crippen LogP contribution in [0.25, 0.3) is 17.4 Å². The lowest BCUT2D eigenvalue weighted by Gasteiger charge is -2.10. The standard InChI is InChI=1S/C18H16N2O7S2/c19-29(25,26)13-6-3-11(4-7-13)14-8-5-12(27-14)10-15-17(23)20(18(24)28-15)9-1-2-16(21)22/h3-8,10H,1-2,9H2,(H,21,22)(H2,19,25,26). The molecule has 3 rings (SSSR count). The minimum atomic E-state index is -3.79. The first-order valence-corrected chi connectivity index (χ1v) is 10.7. The van der Waals surface area contributed by atoms with Gasteiger partial charge in [-0.25, -0.2) is 13.6 Å². The van der Waals surface area contributed by atoms with Gasteiger partial charge in [-0.15, -0.1) is 0 Å². The van der Waals surface area contributed by atoms with E-state index in [0.717, 1.165) is 16.7 Å². The molecule has 9 nitrogen and oxygen atoms in total. The Bertz CT molecular complexity index is 1100. The third kappa shape index (κ3) is 4.94. The van der Waals surface area contributed by atoms with Crippen molar-refractivity contribution in [2.24, 2.45) is 5.14 Å². The van der Waals surface area contributed by atoms with Crippen molar-refractivity contribution in [3.8, 4) is 11.3 Å². The molecule has 2 heterocycles. The molecule has 0 spiro atoms. The number of hydrogen-bond donors (Lipinski definition) is 2. The highest BCUT2D eigenvalue weighted by Crippen LogP contribution is 2.33. The number of primary sulfonamides is 1. The average molecular weight is 436 g/mol. The highest BCUT2D eigenvalue weighted by molar-refractivity contribution is 8.18. The van der Waals surface area contributed by atoms with Crippen LogP contribution in [0.1, 0.15) is 18.6 Å². The van der Waals surface area contributed by atoms with Crippen molar-refractivity contribution in [2.75, 3.05) is 6.54 Å². The first kappa shape index (κ1) is 20.8. The molecule has 1 aliphatic rings. The zero-order valence-electron chi connectivity index (χ0n) is 14.9. The van der Waals surface area contributed by atoms with E-state index in [1.165, 1.54) is 18.2 Å². The van der Waals surface area contributed by atoms with Crippen molar-refractivity contribution >= 4 is 45.0 Å². The number of amides is 2. The number of rotatable bonds is 7. The van der Waals surface area contributed by atoms with Crippen molar-refractivity contribution < 1.29 is 32.3 Å². The van der Waals surface area contributed by atoms with Gasteiger partial charge in [0.1, 0.15) is 11.5 Å². The van der Waals surface area contributed by atoms with E-state index in [4.69, 9.17) is 14.7 Å². The second kappa shape index (κ2) is 8.23. The summed E-state index contributed by atoms with van der Waals surface area (Å²) < 4.78 is 28.3. The topological polar surface area (TPSA) is 148 Å². The van der Waals surface area contributed by atoms with Crippen LogP contribution in [0, 0.1) is 0 Å². The maximum absolute atomic E-state index is 12.4. The van der Waals surface area contributed by atoms with Crippen LogP contribution < -0.4 is 5.14 Å². The van der Waals surface area contributed by atoms with E-state index in [2.05, 4.69) is 0 Å². The quantitative estimate of drug-likeness (QED) is 0.629. The number of benzene rings is 1. The molecule has 1 fully saturated rings. The van der Waals surface area contributed by atoms with Crippen molar-refractivity contribution in [1.82, 2.24) is 4.90 Å². The number of carboxylic acids is 1. The molecule has 1 aromatic carbocycles. The number of furan rings is 1. The lowest BCUT2D eigenvalue weighted by molar-refractivity contribution is -0.137. The number of nitrogens with two attached hydrogens (primary N) is 1. The number of imide groups is 1. The maximum Gasteiger partial charge on any atom is 0.303 e. The highest BCUT2D eigenvalue weighted by atomic mass is 32.2. The third-order valence-electron chi connectivity index (χ3n) is 4.01. The van der Waals surface area contributed by atoms with E-state index in [9.17, 15) is 22.8 Å². The zero-order valence-corrected chi connectivity index (χ0v) is 16.5. The molecule has 0 saturated carbocycles. The first-order valence-electron chi connectivity index (χ1n) is 8.35. The second-order valence-corrected chi connectivity index (χ2v) is 8.66. The number of nitrogens with zero attached hydrogens (tertiary/aromatic N) is 1. The van der Waals surface area contributed by atoms with Gasteiger partial charge in [-0.05, 0) is 54.6 Å². The van der Waals surface area contributed by atoms with E-state index >= 15 is 0 Å². The molecule has 1 aliphatic heterocycles. The largest absolute Gasteiger partial charge is 0.481 e. The van der Waals surface area contributed by atoms with Gasteiger partial charge in [-0.3, -0.25) is 19.3 Å². The van der Waals surface area contributed by atoms with Crippen LogP contribution in [-0.2, 0) is 19.6 Å². The van der Waals surface area contributed by atoms with Gasteiger partial charge >= 0.3 is 5.97 Å². The highest BCUT2D eigenvalue weighted by Gasteiger charge is 2.34. The van der Waals surface area contributed by atoms with Gasteiger partial charge in [-0.1, -0.05) is 0 Å². The molecule has 0 bridgehead atoms. The first-order chi connectivity index (χ1) is 13.6. The number of carboxylic acid groups (broad SMARTS) is 1. The van der Waals surface area contributed by atoms with Crippen LogP contribution in [0.15, 0.2) is 50.6 Å². The monoisotopic (exact) mass is 436 g/mol. The maximum atomic E-state index is 12.4. The van der Waals surface area contributed by atoms with E-state index in [0.29, 0.717) is 17.1 Å². The number of thioether (sulfide) groups is 1. The summed E-state index contributed by atoms with van der Waals surface area (Å²) in [5, 5.41) is 13.3. The SMILES string of the molecule is NS(=O)(=O)c1ccc(-c2ccc(C=C3SC(=O)N(CCCC(=O)O)C3=O)o2)cc1. The van der Waals surface area contributed by atoms with E-state index in [1.807, 2.05) is 0 Å². The fourth-order valence-corrected chi connectivity index (χ4v) is 3.97. The van der Waals surface area contributed by atoms with Crippen LogP contribution in [0.4, 0.5) is 4.79 Å². The minimum absolute atomic E-state index is 0.0235. The Labute approximate surface area is 170 Å².